The van der Waals surface area contributed by atoms with Crippen LogP contribution in [-0.4, -0.2) is 55.4 Å². The third-order valence-electron chi connectivity index (χ3n) is 4.42. The van der Waals surface area contributed by atoms with Gasteiger partial charge < -0.3 is 20.6 Å². The van der Waals surface area contributed by atoms with Crippen LogP contribution < -0.4 is 10.6 Å². The SMILES string of the molecule is O=C(NCCN1CCCCC1)NCC(CCO)c1ccccc1. The number of aliphatic hydroxyl groups excluding tert-OH is 1. The molecule has 1 aromatic rings. The summed E-state index contributed by atoms with van der Waals surface area (Å²) in [5, 5.41) is 15.1. The second-order valence-corrected chi connectivity index (χ2v) is 6.16. The predicted octanol–water partition coefficient (Wildman–Crippen LogP) is 1.94. The first-order valence-corrected chi connectivity index (χ1v) is 8.69. The summed E-state index contributed by atoms with van der Waals surface area (Å²) in [5.41, 5.74) is 1.15. The van der Waals surface area contributed by atoms with E-state index in [9.17, 15) is 9.90 Å². The third kappa shape index (κ3) is 6.59. The molecule has 0 spiro atoms. The van der Waals surface area contributed by atoms with Crippen LogP contribution in [0.3, 0.4) is 0 Å². The van der Waals surface area contributed by atoms with Crippen molar-refractivity contribution in [2.75, 3.05) is 39.3 Å². The number of hydrogen-bond donors (Lipinski definition) is 3. The van der Waals surface area contributed by atoms with Crippen LogP contribution in [0.1, 0.15) is 37.2 Å². The van der Waals surface area contributed by atoms with Gasteiger partial charge in [-0.25, -0.2) is 4.79 Å². The summed E-state index contributed by atoms with van der Waals surface area (Å²) in [6, 6.07) is 9.89. The monoisotopic (exact) mass is 319 g/mol. The van der Waals surface area contributed by atoms with E-state index in [1.54, 1.807) is 0 Å². The van der Waals surface area contributed by atoms with E-state index in [0.717, 1.165) is 25.2 Å². The smallest absolute Gasteiger partial charge is 0.314 e. The average Bonchev–Trinajstić information content (AvgIpc) is 2.60. The number of carbonyl (C=O) groups excluding carboxylic acids is 1. The van der Waals surface area contributed by atoms with Crippen LogP contribution in [0, 0.1) is 0 Å². The lowest BCUT2D eigenvalue weighted by Gasteiger charge is -2.26. The Morgan fingerprint density at radius 2 is 1.87 bits per heavy atom. The molecule has 1 saturated heterocycles. The van der Waals surface area contributed by atoms with E-state index in [0.29, 0.717) is 19.5 Å². The Balaban J connectivity index is 1.67. The minimum absolute atomic E-state index is 0.123. The number of benzene rings is 1. The van der Waals surface area contributed by atoms with E-state index in [2.05, 4.69) is 15.5 Å². The maximum absolute atomic E-state index is 11.9. The Morgan fingerprint density at radius 1 is 1.13 bits per heavy atom. The van der Waals surface area contributed by atoms with Crippen LogP contribution in [0.2, 0.25) is 0 Å². The van der Waals surface area contributed by atoms with Crippen LogP contribution in [0.25, 0.3) is 0 Å². The minimum Gasteiger partial charge on any atom is -0.396 e. The molecular formula is C18H29N3O2. The number of piperidine rings is 1. The number of carbonyl (C=O) groups is 1. The van der Waals surface area contributed by atoms with E-state index >= 15 is 0 Å². The van der Waals surface area contributed by atoms with Gasteiger partial charge in [0.2, 0.25) is 0 Å². The Morgan fingerprint density at radius 3 is 2.57 bits per heavy atom. The van der Waals surface area contributed by atoms with E-state index in [4.69, 9.17) is 0 Å². The standard InChI is InChI=1S/C18H29N3O2/c22-14-9-17(16-7-3-1-4-8-16)15-20-18(23)19-10-13-21-11-5-2-6-12-21/h1,3-4,7-8,17,22H,2,5-6,9-15H2,(H2,19,20,23). The van der Waals surface area contributed by atoms with Crippen LogP contribution in [-0.2, 0) is 0 Å². The molecule has 128 valence electrons. The van der Waals surface area contributed by atoms with Gasteiger partial charge in [0.05, 0.1) is 0 Å². The van der Waals surface area contributed by atoms with Crippen molar-refractivity contribution in [2.45, 2.75) is 31.6 Å². The number of amides is 2. The van der Waals surface area contributed by atoms with Crippen molar-refractivity contribution in [3.8, 4) is 0 Å². The topological polar surface area (TPSA) is 64.6 Å². The van der Waals surface area contributed by atoms with Crippen molar-refractivity contribution in [3.63, 3.8) is 0 Å². The molecule has 0 aromatic heterocycles. The highest BCUT2D eigenvalue weighted by Gasteiger charge is 2.13. The highest BCUT2D eigenvalue weighted by molar-refractivity contribution is 5.73. The van der Waals surface area contributed by atoms with Gasteiger partial charge in [-0.05, 0) is 37.9 Å². The molecule has 3 N–H and O–H groups in total. The molecule has 1 unspecified atom stereocenters. The summed E-state index contributed by atoms with van der Waals surface area (Å²) >= 11 is 0. The van der Waals surface area contributed by atoms with Crippen LogP contribution in [0.15, 0.2) is 30.3 Å². The minimum atomic E-state index is -0.124. The van der Waals surface area contributed by atoms with Crippen molar-refractivity contribution in [3.05, 3.63) is 35.9 Å². The Bertz CT molecular complexity index is 447. The Labute approximate surface area is 139 Å². The zero-order valence-corrected chi connectivity index (χ0v) is 13.8. The van der Waals surface area contributed by atoms with Gasteiger partial charge in [-0.15, -0.1) is 0 Å². The van der Waals surface area contributed by atoms with Crippen molar-refractivity contribution in [1.82, 2.24) is 15.5 Å². The Hall–Kier alpha value is -1.59. The molecule has 1 aliphatic rings. The molecule has 0 saturated carbocycles. The molecule has 0 bridgehead atoms. The average molecular weight is 319 g/mol. The zero-order valence-electron chi connectivity index (χ0n) is 13.8. The largest absolute Gasteiger partial charge is 0.396 e. The van der Waals surface area contributed by atoms with Gasteiger partial charge in [-0.3, -0.25) is 0 Å². The van der Waals surface area contributed by atoms with Gasteiger partial charge in [0.15, 0.2) is 0 Å². The van der Waals surface area contributed by atoms with E-state index < -0.39 is 0 Å². The van der Waals surface area contributed by atoms with Crippen LogP contribution in [0.5, 0.6) is 0 Å². The highest BCUT2D eigenvalue weighted by Crippen LogP contribution is 2.17. The molecule has 1 aromatic carbocycles. The molecule has 1 heterocycles. The van der Waals surface area contributed by atoms with Gasteiger partial charge in [0.25, 0.3) is 0 Å². The third-order valence-corrected chi connectivity index (χ3v) is 4.42. The number of rotatable bonds is 8. The fraction of sp³-hybridized carbons (Fsp3) is 0.611. The number of nitrogens with one attached hydrogen (secondary N) is 2. The summed E-state index contributed by atoms with van der Waals surface area (Å²) in [4.78, 5) is 14.3. The number of hydrogen-bond acceptors (Lipinski definition) is 3. The number of likely N-dealkylation sites (tertiary alicyclic amines) is 1. The molecule has 1 aliphatic heterocycles. The predicted molar refractivity (Wildman–Crippen MR) is 92.6 cm³/mol. The van der Waals surface area contributed by atoms with Gasteiger partial charge in [0, 0.05) is 32.2 Å². The molecule has 0 aliphatic carbocycles. The highest BCUT2D eigenvalue weighted by atomic mass is 16.3. The van der Waals surface area contributed by atoms with Gasteiger partial charge in [0.1, 0.15) is 0 Å². The number of aliphatic hydroxyl groups is 1. The molecule has 23 heavy (non-hydrogen) atoms. The lowest BCUT2D eigenvalue weighted by atomic mass is 9.96. The lowest BCUT2D eigenvalue weighted by molar-refractivity contribution is 0.219. The molecule has 2 rings (SSSR count). The molecule has 5 nitrogen and oxygen atoms in total. The van der Waals surface area contributed by atoms with Gasteiger partial charge in [-0.1, -0.05) is 36.8 Å². The molecule has 1 atom stereocenters. The summed E-state index contributed by atoms with van der Waals surface area (Å²) in [6.45, 7) is 4.57. The molecule has 2 amide bonds. The maximum Gasteiger partial charge on any atom is 0.314 e. The lowest BCUT2D eigenvalue weighted by Crippen LogP contribution is -2.42. The first-order chi connectivity index (χ1) is 11.3. The van der Waals surface area contributed by atoms with Gasteiger partial charge in [-0.2, -0.15) is 0 Å². The normalized spacial score (nSPS) is 16.7. The first kappa shape index (κ1) is 17.8. The van der Waals surface area contributed by atoms with Crippen molar-refractivity contribution >= 4 is 6.03 Å². The summed E-state index contributed by atoms with van der Waals surface area (Å²) < 4.78 is 0. The summed E-state index contributed by atoms with van der Waals surface area (Å²) in [6.07, 6.45) is 4.52. The maximum atomic E-state index is 11.9. The summed E-state index contributed by atoms with van der Waals surface area (Å²) in [5.74, 6) is 0.147. The molecule has 0 radical (unpaired) electrons. The van der Waals surface area contributed by atoms with Crippen LogP contribution in [0.4, 0.5) is 4.79 Å². The second-order valence-electron chi connectivity index (χ2n) is 6.16. The summed E-state index contributed by atoms with van der Waals surface area (Å²) in [7, 11) is 0. The van der Waals surface area contributed by atoms with Crippen molar-refractivity contribution in [2.24, 2.45) is 0 Å². The fourth-order valence-corrected chi connectivity index (χ4v) is 3.06. The quantitative estimate of drug-likeness (QED) is 0.686. The molecule has 1 fully saturated rings. The zero-order chi connectivity index (χ0) is 16.3. The first-order valence-electron chi connectivity index (χ1n) is 8.69. The number of nitrogens with zero attached hydrogens (tertiary/aromatic N) is 1. The van der Waals surface area contributed by atoms with E-state index in [1.807, 2.05) is 30.3 Å². The van der Waals surface area contributed by atoms with E-state index in [1.165, 1.54) is 19.3 Å². The van der Waals surface area contributed by atoms with Crippen molar-refractivity contribution < 1.29 is 9.90 Å². The van der Waals surface area contributed by atoms with Crippen LogP contribution >= 0.6 is 0 Å². The number of urea groups is 1. The molecule has 5 heteroatoms. The Kier molecular flexibility index (Phi) is 7.90. The fourth-order valence-electron chi connectivity index (χ4n) is 3.06. The van der Waals surface area contributed by atoms with Gasteiger partial charge >= 0.3 is 6.03 Å². The second kappa shape index (κ2) is 10.2. The van der Waals surface area contributed by atoms with Crippen molar-refractivity contribution in [1.29, 1.82) is 0 Å². The van der Waals surface area contributed by atoms with E-state index in [-0.39, 0.29) is 18.6 Å². The molecular weight excluding hydrogens is 290 g/mol.